The molecule has 0 amide bonds. The van der Waals surface area contributed by atoms with Crippen molar-refractivity contribution >= 4 is 9.84 Å². The Kier molecular flexibility index (Phi) is 7.32. The Bertz CT molecular complexity index is 333. The van der Waals surface area contributed by atoms with Crippen molar-refractivity contribution in [2.45, 2.75) is 46.1 Å². The van der Waals surface area contributed by atoms with E-state index in [1.54, 1.807) is 6.92 Å². The first-order chi connectivity index (χ1) is 8.93. The highest BCUT2D eigenvalue weighted by molar-refractivity contribution is 7.91. The summed E-state index contributed by atoms with van der Waals surface area (Å²) >= 11 is 0. The van der Waals surface area contributed by atoms with E-state index in [0.717, 1.165) is 38.5 Å². The minimum Gasteiger partial charge on any atom is -0.314 e. The van der Waals surface area contributed by atoms with Crippen molar-refractivity contribution in [1.82, 2.24) is 10.2 Å². The molecule has 1 rings (SSSR count). The van der Waals surface area contributed by atoms with Gasteiger partial charge in [-0.05, 0) is 51.4 Å². The summed E-state index contributed by atoms with van der Waals surface area (Å²) in [6.45, 7) is 10.4. The highest BCUT2D eigenvalue weighted by Gasteiger charge is 2.19. The third-order valence-corrected chi connectivity index (χ3v) is 5.68. The van der Waals surface area contributed by atoms with E-state index in [-0.39, 0.29) is 5.75 Å². The Morgan fingerprint density at radius 2 is 1.89 bits per heavy atom. The number of rotatable bonds is 8. The first-order valence-corrected chi connectivity index (χ1v) is 9.41. The molecule has 0 aromatic heterocycles. The van der Waals surface area contributed by atoms with Gasteiger partial charge in [-0.3, -0.25) is 0 Å². The molecule has 1 saturated heterocycles. The van der Waals surface area contributed by atoms with E-state index in [9.17, 15) is 8.42 Å². The molecule has 1 heterocycles. The van der Waals surface area contributed by atoms with Crippen LogP contribution in [0.1, 0.15) is 40.0 Å². The maximum absolute atomic E-state index is 11.4. The van der Waals surface area contributed by atoms with Crippen LogP contribution < -0.4 is 5.32 Å². The molecule has 0 bridgehead atoms. The summed E-state index contributed by atoms with van der Waals surface area (Å²) in [6, 6.07) is 0.567. The minimum atomic E-state index is -2.79. The molecule has 0 unspecified atom stereocenters. The Morgan fingerprint density at radius 1 is 1.26 bits per heavy atom. The molecule has 0 aliphatic carbocycles. The van der Waals surface area contributed by atoms with Crippen molar-refractivity contribution in [2.75, 3.05) is 37.7 Å². The predicted molar refractivity (Wildman–Crippen MR) is 81.2 cm³/mol. The first kappa shape index (κ1) is 16.9. The molecule has 0 aromatic carbocycles. The van der Waals surface area contributed by atoms with Crippen LogP contribution >= 0.6 is 0 Å². The Hall–Kier alpha value is -0.130. The van der Waals surface area contributed by atoms with Gasteiger partial charge in [-0.15, -0.1) is 0 Å². The molecule has 19 heavy (non-hydrogen) atoms. The summed E-state index contributed by atoms with van der Waals surface area (Å²) in [5, 5.41) is 3.50. The molecule has 0 spiro atoms. The number of piperidine rings is 1. The van der Waals surface area contributed by atoms with Crippen LogP contribution in [-0.2, 0) is 9.84 Å². The lowest BCUT2D eigenvalue weighted by Crippen LogP contribution is -2.39. The van der Waals surface area contributed by atoms with E-state index >= 15 is 0 Å². The normalized spacial score (nSPS) is 19.2. The van der Waals surface area contributed by atoms with Crippen molar-refractivity contribution in [3.63, 3.8) is 0 Å². The molecule has 0 saturated carbocycles. The molecule has 1 fully saturated rings. The van der Waals surface area contributed by atoms with Crippen LogP contribution in [0.2, 0.25) is 0 Å². The highest BCUT2D eigenvalue weighted by Crippen LogP contribution is 2.16. The Morgan fingerprint density at radius 3 is 2.42 bits per heavy atom. The van der Waals surface area contributed by atoms with E-state index in [4.69, 9.17) is 0 Å². The van der Waals surface area contributed by atoms with Crippen molar-refractivity contribution in [3.05, 3.63) is 0 Å². The van der Waals surface area contributed by atoms with Crippen LogP contribution in [0.5, 0.6) is 0 Å². The number of hydrogen-bond acceptors (Lipinski definition) is 4. The Labute approximate surface area is 118 Å². The van der Waals surface area contributed by atoms with E-state index in [0.29, 0.717) is 11.8 Å². The molecule has 1 aliphatic heterocycles. The van der Waals surface area contributed by atoms with Crippen molar-refractivity contribution < 1.29 is 8.42 Å². The minimum absolute atomic E-state index is 0.274. The van der Waals surface area contributed by atoms with Gasteiger partial charge in [-0.1, -0.05) is 20.8 Å². The predicted octanol–water partition coefficient (Wildman–Crippen LogP) is 1.52. The van der Waals surface area contributed by atoms with Gasteiger partial charge < -0.3 is 10.2 Å². The van der Waals surface area contributed by atoms with Crippen LogP contribution in [0.4, 0.5) is 0 Å². The van der Waals surface area contributed by atoms with Gasteiger partial charge in [0.1, 0.15) is 9.84 Å². The summed E-state index contributed by atoms with van der Waals surface area (Å²) in [7, 11) is -2.79. The largest absolute Gasteiger partial charge is 0.314 e. The maximum Gasteiger partial charge on any atom is 0.150 e. The lowest BCUT2D eigenvalue weighted by molar-refractivity contribution is 0.181. The quantitative estimate of drug-likeness (QED) is 0.736. The maximum atomic E-state index is 11.4. The fourth-order valence-corrected chi connectivity index (χ4v) is 3.33. The number of nitrogens with zero attached hydrogens (tertiary/aromatic N) is 1. The van der Waals surface area contributed by atoms with Gasteiger partial charge in [-0.25, -0.2) is 8.42 Å². The van der Waals surface area contributed by atoms with E-state index in [2.05, 4.69) is 24.1 Å². The summed E-state index contributed by atoms with van der Waals surface area (Å²) in [5.74, 6) is 1.41. The number of sulfone groups is 1. The molecule has 1 N–H and O–H groups in total. The van der Waals surface area contributed by atoms with Crippen molar-refractivity contribution in [1.29, 1.82) is 0 Å². The topological polar surface area (TPSA) is 49.4 Å². The molecule has 0 aromatic rings. The lowest BCUT2D eigenvalue weighted by atomic mass is 9.96. The lowest BCUT2D eigenvalue weighted by Gasteiger charge is -2.32. The van der Waals surface area contributed by atoms with E-state index < -0.39 is 9.84 Å². The smallest absolute Gasteiger partial charge is 0.150 e. The second-order valence-electron chi connectivity index (χ2n) is 5.94. The van der Waals surface area contributed by atoms with E-state index in [1.165, 1.54) is 12.8 Å². The zero-order valence-electron chi connectivity index (χ0n) is 12.7. The molecule has 1 aliphatic rings. The molecule has 0 radical (unpaired) electrons. The molecule has 5 heteroatoms. The van der Waals surface area contributed by atoms with Gasteiger partial charge in [0.25, 0.3) is 0 Å². The summed E-state index contributed by atoms with van der Waals surface area (Å²) in [4.78, 5) is 2.41. The average Bonchev–Trinajstić information content (AvgIpc) is 2.37. The monoisotopic (exact) mass is 290 g/mol. The number of nitrogens with one attached hydrogen (secondary N) is 1. The highest BCUT2D eigenvalue weighted by atomic mass is 32.2. The Balaban J connectivity index is 2.13. The van der Waals surface area contributed by atoms with Gasteiger partial charge in [0.05, 0.1) is 5.75 Å². The average molecular weight is 290 g/mol. The summed E-state index contributed by atoms with van der Waals surface area (Å²) in [6.07, 6.45) is 3.26. The second-order valence-corrected chi connectivity index (χ2v) is 8.41. The van der Waals surface area contributed by atoms with Gasteiger partial charge in [0.15, 0.2) is 0 Å². The fourth-order valence-electron chi connectivity index (χ4n) is 2.47. The molecule has 4 nitrogen and oxygen atoms in total. The number of likely N-dealkylation sites (tertiary alicyclic amines) is 1. The summed E-state index contributed by atoms with van der Waals surface area (Å²) in [5.41, 5.74) is 0. The standard InChI is InChI=1S/C14H30N2O2S/c1-4-19(17,18)11-5-8-16-9-6-14(7-10-16)12-15-13(2)3/h13-15H,4-12H2,1-3H3. The number of hydrogen-bond donors (Lipinski definition) is 1. The molecular weight excluding hydrogens is 260 g/mol. The van der Waals surface area contributed by atoms with Gasteiger partial charge >= 0.3 is 0 Å². The van der Waals surface area contributed by atoms with Crippen LogP contribution in [0.15, 0.2) is 0 Å². The zero-order chi connectivity index (χ0) is 14.3. The van der Waals surface area contributed by atoms with Crippen molar-refractivity contribution in [2.24, 2.45) is 5.92 Å². The van der Waals surface area contributed by atoms with E-state index in [1.807, 2.05) is 0 Å². The molecule has 114 valence electrons. The van der Waals surface area contributed by atoms with Gasteiger partial charge in [-0.2, -0.15) is 0 Å². The van der Waals surface area contributed by atoms with Crippen LogP contribution in [0.3, 0.4) is 0 Å². The third kappa shape index (κ3) is 7.28. The molecule has 0 atom stereocenters. The second kappa shape index (κ2) is 8.22. The van der Waals surface area contributed by atoms with Crippen LogP contribution in [0.25, 0.3) is 0 Å². The van der Waals surface area contributed by atoms with Crippen LogP contribution in [0, 0.1) is 5.92 Å². The van der Waals surface area contributed by atoms with Gasteiger partial charge in [0.2, 0.25) is 0 Å². The van der Waals surface area contributed by atoms with Crippen molar-refractivity contribution in [3.8, 4) is 0 Å². The first-order valence-electron chi connectivity index (χ1n) is 7.59. The zero-order valence-corrected chi connectivity index (χ0v) is 13.5. The fraction of sp³-hybridized carbons (Fsp3) is 1.00. The molecular formula is C14H30N2O2S. The van der Waals surface area contributed by atoms with Crippen LogP contribution in [-0.4, -0.2) is 57.0 Å². The van der Waals surface area contributed by atoms with Gasteiger partial charge in [0, 0.05) is 11.8 Å². The third-order valence-electron chi connectivity index (χ3n) is 3.89. The summed E-state index contributed by atoms with van der Waals surface area (Å²) < 4.78 is 22.8. The SMILES string of the molecule is CCS(=O)(=O)CCCN1CCC(CNC(C)C)CC1.